The zero-order valence-electron chi connectivity index (χ0n) is 11.9. The molecule has 2 N–H and O–H groups in total. The highest BCUT2D eigenvalue weighted by Gasteiger charge is 2.27. The first-order chi connectivity index (χ1) is 8.66. The van der Waals surface area contributed by atoms with E-state index in [1.165, 1.54) is 32.1 Å². The van der Waals surface area contributed by atoms with Gasteiger partial charge in [0.15, 0.2) is 0 Å². The van der Waals surface area contributed by atoms with Crippen molar-refractivity contribution in [2.75, 3.05) is 19.8 Å². The van der Waals surface area contributed by atoms with Crippen LogP contribution in [0, 0.1) is 17.8 Å². The van der Waals surface area contributed by atoms with E-state index in [9.17, 15) is 5.11 Å². The Morgan fingerprint density at radius 2 is 1.83 bits per heavy atom. The summed E-state index contributed by atoms with van der Waals surface area (Å²) in [5, 5.41) is 13.4. The molecule has 18 heavy (non-hydrogen) atoms. The van der Waals surface area contributed by atoms with Crippen LogP contribution in [0.3, 0.4) is 0 Å². The second-order valence-corrected chi connectivity index (χ2v) is 6.45. The van der Waals surface area contributed by atoms with Gasteiger partial charge in [0.1, 0.15) is 0 Å². The fourth-order valence-electron chi connectivity index (χ4n) is 3.07. The van der Waals surface area contributed by atoms with E-state index in [4.69, 9.17) is 4.74 Å². The molecule has 2 fully saturated rings. The van der Waals surface area contributed by atoms with Crippen molar-refractivity contribution in [1.82, 2.24) is 5.32 Å². The summed E-state index contributed by atoms with van der Waals surface area (Å²) in [6.45, 7) is 6.64. The van der Waals surface area contributed by atoms with Gasteiger partial charge in [0, 0.05) is 19.2 Å². The molecule has 0 aromatic rings. The highest BCUT2D eigenvalue weighted by Crippen LogP contribution is 2.29. The maximum absolute atomic E-state index is 9.90. The second kappa shape index (κ2) is 6.88. The second-order valence-electron chi connectivity index (χ2n) is 6.45. The third kappa shape index (κ3) is 4.52. The quantitative estimate of drug-likeness (QED) is 0.733. The number of aliphatic hydroxyl groups is 1. The normalized spacial score (nSPS) is 34.5. The van der Waals surface area contributed by atoms with Gasteiger partial charge in [-0.1, -0.05) is 20.3 Å². The molecule has 0 spiro atoms. The van der Waals surface area contributed by atoms with Crippen LogP contribution >= 0.6 is 0 Å². The zero-order valence-corrected chi connectivity index (χ0v) is 11.9. The Morgan fingerprint density at radius 3 is 2.44 bits per heavy atom. The van der Waals surface area contributed by atoms with Crippen LogP contribution in [0.4, 0.5) is 0 Å². The number of ether oxygens (including phenoxy) is 1. The first-order valence-corrected chi connectivity index (χ1v) is 7.66. The molecule has 0 aromatic carbocycles. The molecule has 0 radical (unpaired) electrons. The van der Waals surface area contributed by atoms with Crippen LogP contribution in [0.25, 0.3) is 0 Å². The molecule has 106 valence electrons. The summed E-state index contributed by atoms with van der Waals surface area (Å²) in [6, 6.07) is 0.567. The average Bonchev–Trinajstić information content (AvgIpc) is 3.12. The Labute approximate surface area is 111 Å². The van der Waals surface area contributed by atoms with Crippen molar-refractivity contribution < 1.29 is 9.84 Å². The van der Waals surface area contributed by atoms with Crippen molar-refractivity contribution in [3.63, 3.8) is 0 Å². The lowest BCUT2D eigenvalue weighted by atomic mass is 9.79. The molecule has 0 aliphatic heterocycles. The summed E-state index contributed by atoms with van der Waals surface area (Å²) < 4.78 is 5.52. The molecule has 3 heteroatoms. The van der Waals surface area contributed by atoms with E-state index < -0.39 is 0 Å². The Balaban J connectivity index is 1.59. The topological polar surface area (TPSA) is 41.5 Å². The number of rotatable bonds is 7. The van der Waals surface area contributed by atoms with E-state index in [1.807, 2.05) is 0 Å². The van der Waals surface area contributed by atoms with Gasteiger partial charge >= 0.3 is 0 Å². The summed E-state index contributed by atoms with van der Waals surface area (Å²) in [7, 11) is 0. The summed E-state index contributed by atoms with van der Waals surface area (Å²) in [5.74, 6) is 2.24. The van der Waals surface area contributed by atoms with Crippen molar-refractivity contribution in [2.24, 2.45) is 17.8 Å². The first kappa shape index (κ1) is 14.3. The van der Waals surface area contributed by atoms with Crippen molar-refractivity contribution >= 4 is 0 Å². The largest absolute Gasteiger partial charge is 0.389 e. The highest BCUT2D eigenvalue weighted by atomic mass is 16.5. The lowest BCUT2D eigenvalue weighted by Gasteiger charge is -2.35. The number of hydrogen-bond acceptors (Lipinski definition) is 3. The number of nitrogens with one attached hydrogen (secondary N) is 1. The summed E-state index contributed by atoms with van der Waals surface area (Å²) in [4.78, 5) is 0. The van der Waals surface area contributed by atoms with Gasteiger partial charge in [-0.2, -0.15) is 0 Å². The molecule has 0 aromatic heterocycles. The van der Waals surface area contributed by atoms with Crippen LogP contribution in [-0.2, 0) is 4.74 Å². The molecule has 0 saturated heterocycles. The minimum absolute atomic E-state index is 0.356. The maximum Gasteiger partial charge on any atom is 0.0897 e. The lowest BCUT2D eigenvalue weighted by molar-refractivity contribution is 0.0279. The number of hydrogen-bond donors (Lipinski definition) is 2. The monoisotopic (exact) mass is 255 g/mol. The van der Waals surface area contributed by atoms with Crippen molar-refractivity contribution in [3.8, 4) is 0 Å². The van der Waals surface area contributed by atoms with Crippen LogP contribution < -0.4 is 5.32 Å². The van der Waals surface area contributed by atoms with Gasteiger partial charge in [-0.15, -0.1) is 0 Å². The highest BCUT2D eigenvalue weighted by molar-refractivity contribution is 4.84. The molecule has 2 aliphatic carbocycles. The summed E-state index contributed by atoms with van der Waals surface area (Å²) in [5.41, 5.74) is 0. The van der Waals surface area contributed by atoms with E-state index in [0.717, 1.165) is 24.4 Å². The summed E-state index contributed by atoms with van der Waals surface area (Å²) >= 11 is 0. The molecule has 0 amide bonds. The molecular weight excluding hydrogens is 226 g/mol. The first-order valence-electron chi connectivity index (χ1n) is 7.66. The van der Waals surface area contributed by atoms with Crippen LogP contribution in [0.15, 0.2) is 0 Å². The molecule has 2 aliphatic rings. The molecule has 4 atom stereocenters. The third-order valence-electron chi connectivity index (χ3n) is 4.49. The van der Waals surface area contributed by atoms with Crippen molar-refractivity contribution in [1.29, 1.82) is 0 Å². The minimum Gasteiger partial charge on any atom is -0.389 e. The fraction of sp³-hybridized carbons (Fsp3) is 1.00. The van der Waals surface area contributed by atoms with Gasteiger partial charge in [0.25, 0.3) is 0 Å². The van der Waals surface area contributed by atoms with E-state index >= 15 is 0 Å². The van der Waals surface area contributed by atoms with E-state index in [0.29, 0.717) is 19.2 Å². The molecule has 0 bridgehead atoms. The Hall–Kier alpha value is -0.120. The Kier molecular flexibility index (Phi) is 5.46. The molecule has 2 saturated carbocycles. The predicted molar refractivity (Wildman–Crippen MR) is 73.5 cm³/mol. The number of aliphatic hydroxyl groups excluding tert-OH is 1. The smallest absolute Gasteiger partial charge is 0.0897 e. The molecule has 3 nitrogen and oxygen atoms in total. The van der Waals surface area contributed by atoms with Crippen LogP contribution in [0.5, 0.6) is 0 Å². The Bertz CT molecular complexity index is 233. The molecular formula is C15H29NO2. The lowest BCUT2D eigenvalue weighted by Crippen LogP contribution is -2.46. The zero-order chi connectivity index (χ0) is 13.0. The molecule has 2 rings (SSSR count). The van der Waals surface area contributed by atoms with E-state index in [2.05, 4.69) is 19.2 Å². The van der Waals surface area contributed by atoms with Gasteiger partial charge in [-0.05, 0) is 43.4 Å². The SMILES string of the molecule is C[C@@H]1CCC[C@H](C)C1NC[C@H](O)COCC1CC1. The third-order valence-corrected chi connectivity index (χ3v) is 4.49. The molecule has 0 heterocycles. The van der Waals surface area contributed by atoms with Gasteiger partial charge in [0.2, 0.25) is 0 Å². The van der Waals surface area contributed by atoms with Crippen LogP contribution in [-0.4, -0.2) is 37.0 Å². The van der Waals surface area contributed by atoms with Crippen LogP contribution in [0.1, 0.15) is 46.0 Å². The van der Waals surface area contributed by atoms with Crippen molar-refractivity contribution in [2.45, 2.75) is 58.1 Å². The minimum atomic E-state index is -0.356. The summed E-state index contributed by atoms with van der Waals surface area (Å²) in [6.07, 6.45) is 6.25. The molecule has 1 unspecified atom stereocenters. The van der Waals surface area contributed by atoms with E-state index in [-0.39, 0.29) is 6.10 Å². The van der Waals surface area contributed by atoms with Gasteiger partial charge in [-0.25, -0.2) is 0 Å². The van der Waals surface area contributed by atoms with Gasteiger partial charge in [0.05, 0.1) is 12.7 Å². The van der Waals surface area contributed by atoms with Gasteiger partial charge < -0.3 is 15.2 Å². The maximum atomic E-state index is 9.90. The average molecular weight is 255 g/mol. The van der Waals surface area contributed by atoms with Crippen molar-refractivity contribution in [3.05, 3.63) is 0 Å². The van der Waals surface area contributed by atoms with Crippen LogP contribution in [0.2, 0.25) is 0 Å². The predicted octanol–water partition coefficient (Wildman–Crippen LogP) is 2.19. The fourth-order valence-corrected chi connectivity index (χ4v) is 3.07. The van der Waals surface area contributed by atoms with E-state index in [1.54, 1.807) is 0 Å². The Morgan fingerprint density at radius 1 is 1.17 bits per heavy atom. The van der Waals surface area contributed by atoms with Gasteiger partial charge in [-0.3, -0.25) is 0 Å². The standard InChI is InChI=1S/C15H29NO2/c1-11-4-3-5-12(2)15(11)16-8-14(17)10-18-9-13-6-7-13/h11-17H,3-10H2,1-2H3/t11-,12+,14-,15?/m0/s1.